The second-order valence-corrected chi connectivity index (χ2v) is 4.26. The molecule has 21 heavy (non-hydrogen) atoms. The number of halogens is 1. The van der Waals surface area contributed by atoms with E-state index in [1.807, 2.05) is 6.08 Å². The van der Waals surface area contributed by atoms with E-state index in [4.69, 9.17) is 9.47 Å². The molecule has 0 aromatic heterocycles. The van der Waals surface area contributed by atoms with Crippen molar-refractivity contribution in [2.75, 3.05) is 20.2 Å². The number of methoxy groups -OCH3 is 1. The lowest BCUT2D eigenvalue weighted by molar-refractivity contribution is -0.387. The van der Waals surface area contributed by atoms with Gasteiger partial charge in [-0.05, 0) is 12.5 Å². The minimum Gasteiger partial charge on any atom is -0.493 e. The van der Waals surface area contributed by atoms with Crippen LogP contribution in [-0.4, -0.2) is 36.1 Å². The van der Waals surface area contributed by atoms with Crippen LogP contribution in [0.1, 0.15) is 6.42 Å². The van der Waals surface area contributed by atoms with Gasteiger partial charge in [0.15, 0.2) is 5.75 Å². The lowest BCUT2D eigenvalue weighted by Gasteiger charge is -2.22. The topological polar surface area (TPSA) is 81.9 Å². The number of amides is 1. The van der Waals surface area contributed by atoms with Gasteiger partial charge < -0.3 is 14.4 Å². The van der Waals surface area contributed by atoms with Crippen molar-refractivity contribution >= 4 is 11.8 Å². The molecule has 1 amide bonds. The molecule has 0 atom stereocenters. The van der Waals surface area contributed by atoms with Crippen molar-refractivity contribution in [3.63, 3.8) is 0 Å². The maximum atomic E-state index is 14.1. The molecule has 0 spiro atoms. The quantitative estimate of drug-likeness (QED) is 0.486. The first-order valence-corrected chi connectivity index (χ1v) is 6.17. The SMILES string of the molecule is COc1ccc([N+](=O)[O-])c(F)c1OC(=O)N1CC=CCC1. The van der Waals surface area contributed by atoms with Gasteiger partial charge in [0.1, 0.15) is 0 Å². The van der Waals surface area contributed by atoms with Crippen molar-refractivity contribution in [1.29, 1.82) is 0 Å². The van der Waals surface area contributed by atoms with Gasteiger partial charge in [0, 0.05) is 19.2 Å². The van der Waals surface area contributed by atoms with Gasteiger partial charge in [-0.1, -0.05) is 12.2 Å². The first kappa shape index (κ1) is 14.8. The zero-order valence-corrected chi connectivity index (χ0v) is 11.2. The molecule has 2 rings (SSSR count). The molecule has 1 aromatic carbocycles. The highest BCUT2D eigenvalue weighted by Crippen LogP contribution is 2.36. The fraction of sp³-hybridized carbons (Fsp3) is 0.308. The summed E-state index contributed by atoms with van der Waals surface area (Å²) in [6.45, 7) is 0.784. The van der Waals surface area contributed by atoms with Crippen molar-refractivity contribution in [2.24, 2.45) is 0 Å². The van der Waals surface area contributed by atoms with Crippen LogP contribution in [0.3, 0.4) is 0 Å². The van der Waals surface area contributed by atoms with Gasteiger partial charge in [-0.15, -0.1) is 0 Å². The number of nitrogens with zero attached hydrogens (tertiary/aromatic N) is 2. The summed E-state index contributed by atoms with van der Waals surface area (Å²) >= 11 is 0. The summed E-state index contributed by atoms with van der Waals surface area (Å²) in [5, 5.41) is 10.7. The van der Waals surface area contributed by atoms with E-state index in [-0.39, 0.29) is 5.75 Å². The maximum absolute atomic E-state index is 14.1. The molecule has 7 nitrogen and oxygen atoms in total. The van der Waals surface area contributed by atoms with Crippen molar-refractivity contribution in [3.8, 4) is 11.5 Å². The number of hydrogen-bond donors (Lipinski definition) is 0. The zero-order valence-electron chi connectivity index (χ0n) is 11.2. The standard InChI is InChI=1S/C13H13FN2O5/c1-20-10-6-5-9(16(18)19)11(14)12(10)21-13(17)15-7-3-2-4-8-15/h2-3,5-6H,4,7-8H2,1H3. The average Bonchev–Trinajstić information content (AvgIpc) is 2.49. The van der Waals surface area contributed by atoms with E-state index < -0.39 is 28.3 Å². The highest BCUT2D eigenvalue weighted by Gasteiger charge is 2.27. The Hall–Kier alpha value is -2.64. The molecule has 0 saturated heterocycles. The van der Waals surface area contributed by atoms with Gasteiger partial charge in [-0.2, -0.15) is 4.39 Å². The fourth-order valence-electron chi connectivity index (χ4n) is 1.88. The molecule has 0 radical (unpaired) electrons. The molecule has 0 aliphatic carbocycles. The van der Waals surface area contributed by atoms with Crippen LogP contribution in [0.15, 0.2) is 24.3 Å². The van der Waals surface area contributed by atoms with Crippen LogP contribution in [0.5, 0.6) is 11.5 Å². The summed E-state index contributed by atoms with van der Waals surface area (Å²) in [5.74, 6) is -1.90. The molecular formula is C13H13FN2O5. The Labute approximate surface area is 119 Å². The Kier molecular flexibility index (Phi) is 4.36. The van der Waals surface area contributed by atoms with Crippen molar-refractivity contribution in [1.82, 2.24) is 4.90 Å². The number of ether oxygens (including phenoxy) is 2. The van der Waals surface area contributed by atoms with Gasteiger partial charge in [0.25, 0.3) is 0 Å². The molecule has 8 heteroatoms. The van der Waals surface area contributed by atoms with E-state index in [0.717, 1.165) is 6.07 Å². The first-order chi connectivity index (χ1) is 10.0. The minimum absolute atomic E-state index is 0.0843. The molecule has 0 bridgehead atoms. The number of benzene rings is 1. The monoisotopic (exact) mass is 296 g/mol. The molecule has 0 saturated carbocycles. The predicted octanol–water partition coefficient (Wildman–Crippen LogP) is 2.50. The van der Waals surface area contributed by atoms with Crippen molar-refractivity contribution in [3.05, 3.63) is 40.2 Å². The number of nitro benzene ring substituents is 1. The summed E-state index contributed by atoms with van der Waals surface area (Å²) in [6.07, 6.45) is 3.59. The van der Waals surface area contributed by atoms with Crippen LogP contribution in [0.25, 0.3) is 0 Å². The number of carbonyl (C=O) groups excluding carboxylic acids is 1. The van der Waals surface area contributed by atoms with Crippen LogP contribution < -0.4 is 9.47 Å². The Bertz CT molecular complexity index is 602. The van der Waals surface area contributed by atoms with E-state index in [2.05, 4.69) is 0 Å². The van der Waals surface area contributed by atoms with Crippen molar-refractivity contribution in [2.45, 2.75) is 6.42 Å². The second-order valence-electron chi connectivity index (χ2n) is 4.26. The summed E-state index contributed by atoms with van der Waals surface area (Å²) in [4.78, 5) is 23.1. The normalized spacial score (nSPS) is 13.9. The Morgan fingerprint density at radius 1 is 1.43 bits per heavy atom. The number of hydrogen-bond acceptors (Lipinski definition) is 5. The first-order valence-electron chi connectivity index (χ1n) is 6.17. The van der Waals surface area contributed by atoms with E-state index in [9.17, 15) is 19.3 Å². The molecule has 1 heterocycles. The van der Waals surface area contributed by atoms with Crippen LogP contribution >= 0.6 is 0 Å². The zero-order chi connectivity index (χ0) is 15.4. The molecule has 1 aliphatic rings. The average molecular weight is 296 g/mol. The van der Waals surface area contributed by atoms with E-state index in [1.165, 1.54) is 18.1 Å². The summed E-state index contributed by atoms with van der Waals surface area (Å²) < 4.78 is 23.9. The fourth-order valence-corrected chi connectivity index (χ4v) is 1.88. The molecule has 0 fully saturated rings. The van der Waals surface area contributed by atoms with E-state index >= 15 is 0 Å². The Morgan fingerprint density at radius 2 is 2.19 bits per heavy atom. The summed E-state index contributed by atoms with van der Waals surface area (Å²) in [5.41, 5.74) is -0.780. The van der Waals surface area contributed by atoms with Gasteiger partial charge in [-0.3, -0.25) is 10.1 Å². The third-order valence-electron chi connectivity index (χ3n) is 2.96. The van der Waals surface area contributed by atoms with Gasteiger partial charge in [-0.25, -0.2) is 4.79 Å². The van der Waals surface area contributed by atoms with E-state index in [0.29, 0.717) is 19.5 Å². The Morgan fingerprint density at radius 3 is 2.76 bits per heavy atom. The third-order valence-corrected chi connectivity index (χ3v) is 2.96. The van der Waals surface area contributed by atoms with Gasteiger partial charge in [0.05, 0.1) is 12.0 Å². The number of nitro groups is 1. The highest BCUT2D eigenvalue weighted by atomic mass is 19.1. The van der Waals surface area contributed by atoms with Gasteiger partial charge >= 0.3 is 11.8 Å². The van der Waals surface area contributed by atoms with Crippen LogP contribution in [0.4, 0.5) is 14.9 Å². The van der Waals surface area contributed by atoms with Gasteiger partial charge in [0.2, 0.25) is 11.6 Å². The van der Waals surface area contributed by atoms with E-state index in [1.54, 1.807) is 6.08 Å². The number of rotatable bonds is 3. The molecular weight excluding hydrogens is 283 g/mol. The molecule has 112 valence electrons. The lowest BCUT2D eigenvalue weighted by atomic mass is 10.2. The summed E-state index contributed by atoms with van der Waals surface area (Å²) in [6, 6.07) is 2.13. The largest absolute Gasteiger partial charge is 0.493 e. The Balaban J connectivity index is 2.29. The highest BCUT2D eigenvalue weighted by molar-refractivity contribution is 5.72. The smallest absolute Gasteiger partial charge is 0.415 e. The summed E-state index contributed by atoms with van der Waals surface area (Å²) in [7, 11) is 1.25. The third kappa shape index (κ3) is 3.10. The van der Waals surface area contributed by atoms with Crippen LogP contribution in [0.2, 0.25) is 0 Å². The van der Waals surface area contributed by atoms with Crippen LogP contribution in [-0.2, 0) is 0 Å². The molecule has 1 aromatic rings. The van der Waals surface area contributed by atoms with Crippen LogP contribution in [0, 0.1) is 15.9 Å². The predicted molar refractivity (Wildman–Crippen MR) is 71.0 cm³/mol. The number of carbonyl (C=O) groups is 1. The molecule has 0 N–H and O–H groups in total. The van der Waals surface area contributed by atoms with Crippen molar-refractivity contribution < 1.29 is 23.6 Å². The lowest BCUT2D eigenvalue weighted by Crippen LogP contribution is -2.36. The minimum atomic E-state index is -1.24. The second kappa shape index (κ2) is 6.21. The molecule has 1 aliphatic heterocycles. The molecule has 0 unspecified atom stereocenters. The maximum Gasteiger partial charge on any atom is 0.415 e.